The summed E-state index contributed by atoms with van der Waals surface area (Å²) in [5, 5.41) is 29.1. The molecule has 108 valence electrons. The Bertz CT molecular complexity index is 696. The quantitative estimate of drug-likeness (QED) is 0.426. The molecular weight excluding hydrogens is 266 g/mol. The number of fused-ring (bicyclic) bond motifs is 1. The summed E-state index contributed by atoms with van der Waals surface area (Å²) in [6.45, 7) is -0.225. The number of rotatable bonds is 2. The van der Waals surface area contributed by atoms with E-state index in [-0.39, 0.29) is 23.7 Å². The lowest BCUT2D eigenvalue weighted by Gasteiger charge is -2.18. The van der Waals surface area contributed by atoms with Gasteiger partial charge in [-0.25, -0.2) is 4.98 Å². The van der Waals surface area contributed by atoms with Crippen LogP contribution >= 0.6 is 0 Å². The minimum absolute atomic E-state index is 0.0454. The number of nitrogens with one attached hydrogen (secondary N) is 1. The molecule has 0 saturated heterocycles. The van der Waals surface area contributed by atoms with Gasteiger partial charge in [0.25, 0.3) is 5.56 Å². The minimum atomic E-state index is -1.06. The maximum Gasteiger partial charge on any atom is 0.280 e. The van der Waals surface area contributed by atoms with Gasteiger partial charge in [-0.05, 0) is 6.42 Å². The average molecular weight is 281 g/mol. The van der Waals surface area contributed by atoms with Crippen LogP contribution in [0.5, 0.6) is 0 Å². The number of aliphatic hydroxyl groups excluding tert-OH is 3. The highest BCUT2D eigenvalue weighted by Gasteiger charge is 2.42. The first-order chi connectivity index (χ1) is 9.52. The van der Waals surface area contributed by atoms with Gasteiger partial charge in [-0.15, -0.1) is 0 Å². The molecule has 9 heteroatoms. The normalized spacial score (nSPS) is 30.1. The first kappa shape index (κ1) is 13.0. The molecule has 6 N–H and O–H groups in total. The van der Waals surface area contributed by atoms with Crippen LogP contribution in [-0.2, 0) is 0 Å². The Morgan fingerprint density at radius 1 is 1.45 bits per heavy atom. The minimum Gasteiger partial charge on any atom is -0.396 e. The number of nitrogens with two attached hydrogens (primary N) is 1. The smallest absolute Gasteiger partial charge is 0.280 e. The lowest BCUT2D eigenvalue weighted by molar-refractivity contribution is -0.00370. The molecule has 0 spiro atoms. The molecule has 0 radical (unpaired) electrons. The van der Waals surface area contributed by atoms with Crippen LogP contribution in [0.25, 0.3) is 11.2 Å². The van der Waals surface area contributed by atoms with Gasteiger partial charge in [0.2, 0.25) is 5.95 Å². The monoisotopic (exact) mass is 281 g/mol. The van der Waals surface area contributed by atoms with Gasteiger partial charge in [0.05, 0.1) is 18.5 Å². The van der Waals surface area contributed by atoms with Crippen molar-refractivity contribution in [2.24, 2.45) is 5.92 Å². The number of nitrogen functional groups attached to an aromatic ring is 1. The van der Waals surface area contributed by atoms with Crippen LogP contribution in [0.2, 0.25) is 0 Å². The third kappa shape index (κ3) is 1.79. The molecule has 2 aromatic rings. The van der Waals surface area contributed by atoms with Crippen molar-refractivity contribution in [1.29, 1.82) is 0 Å². The highest BCUT2D eigenvalue weighted by molar-refractivity contribution is 5.70. The van der Waals surface area contributed by atoms with Crippen LogP contribution in [0.4, 0.5) is 5.95 Å². The Labute approximate surface area is 112 Å². The number of aromatic nitrogens is 4. The molecule has 0 aliphatic heterocycles. The fraction of sp³-hybridized carbons (Fsp3) is 0.545. The highest BCUT2D eigenvalue weighted by Crippen LogP contribution is 2.36. The first-order valence-electron chi connectivity index (χ1n) is 6.22. The van der Waals surface area contributed by atoms with E-state index in [2.05, 4.69) is 15.0 Å². The van der Waals surface area contributed by atoms with Crippen molar-refractivity contribution in [1.82, 2.24) is 19.5 Å². The van der Waals surface area contributed by atoms with Crippen LogP contribution < -0.4 is 11.3 Å². The zero-order valence-electron chi connectivity index (χ0n) is 10.5. The van der Waals surface area contributed by atoms with Gasteiger partial charge in [-0.2, -0.15) is 4.98 Å². The fourth-order valence-electron chi connectivity index (χ4n) is 2.74. The molecule has 0 bridgehead atoms. The number of nitrogens with zero attached hydrogens (tertiary/aromatic N) is 3. The number of H-pyrrole nitrogens is 1. The predicted molar refractivity (Wildman–Crippen MR) is 68.8 cm³/mol. The van der Waals surface area contributed by atoms with Gasteiger partial charge in [0.1, 0.15) is 6.10 Å². The largest absolute Gasteiger partial charge is 0.396 e. The maximum absolute atomic E-state index is 11.7. The maximum atomic E-state index is 11.7. The van der Waals surface area contributed by atoms with E-state index in [0.29, 0.717) is 6.42 Å². The Morgan fingerprint density at radius 2 is 2.20 bits per heavy atom. The molecule has 1 fully saturated rings. The van der Waals surface area contributed by atoms with Gasteiger partial charge in [0.15, 0.2) is 11.2 Å². The standard InChI is InChI=1S/C11H15N5O4/c12-11-14-9-6(10(20)15-11)13-3-16(9)5-1-4(2-17)7(18)8(5)19/h3-5,7-8,17-19H,1-2H2,(H3,12,14,15,20)/t4-,5-,7+,8-/m1/s1. The van der Waals surface area contributed by atoms with E-state index < -0.39 is 29.7 Å². The predicted octanol–water partition coefficient (Wildman–Crippen LogP) is -2.02. The molecule has 1 aliphatic rings. The molecular formula is C11H15N5O4. The molecule has 20 heavy (non-hydrogen) atoms. The van der Waals surface area contributed by atoms with Crippen molar-refractivity contribution in [2.45, 2.75) is 24.7 Å². The number of hydrogen-bond acceptors (Lipinski definition) is 7. The van der Waals surface area contributed by atoms with Crippen molar-refractivity contribution in [2.75, 3.05) is 12.3 Å². The second-order valence-electron chi connectivity index (χ2n) is 5.00. The van der Waals surface area contributed by atoms with Crippen LogP contribution in [0.15, 0.2) is 11.1 Å². The summed E-state index contributed by atoms with van der Waals surface area (Å²) in [5.41, 5.74) is 5.42. The zero-order chi connectivity index (χ0) is 14.4. The number of aliphatic hydroxyl groups is 3. The first-order valence-corrected chi connectivity index (χ1v) is 6.22. The Kier molecular flexibility index (Phi) is 2.96. The van der Waals surface area contributed by atoms with E-state index in [4.69, 9.17) is 5.73 Å². The van der Waals surface area contributed by atoms with E-state index in [1.54, 1.807) is 0 Å². The molecule has 0 unspecified atom stereocenters. The number of aromatic amines is 1. The lowest BCUT2D eigenvalue weighted by Crippen LogP contribution is -2.30. The van der Waals surface area contributed by atoms with E-state index in [0.717, 1.165) is 0 Å². The summed E-state index contributed by atoms with van der Waals surface area (Å²) in [6, 6.07) is -0.513. The van der Waals surface area contributed by atoms with Crippen LogP contribution in [0.1, 0.15) is 12.5 Å². The molecule has 0 amide bonds. The highest BCUT2D eigenvalue weighted by atomic mass is 16.3. The van der Waals surface area contributed by atoms with Crippen molar-refractivity contribution in [3.8, 4) is 0 Å². The number of hydrogen-bond donors (Lipinski definition) is 5. The van der Waals surface area contributed by atoms with Crippen molar-refractivity contribution in [3.05, 3.63) is 16.7 Å². The second-order valence-corrected chi connectivity index (χ2v) is 5.00. The van der Waals surface area contributed by atoms with E-state index in [1.165, 1.54) is 10.9 Å². The van der Waals surface area contributed by atoms with Crippen LogP contribution in [-0.4, -0.2) is 53.7 Å². The van der Waals surface area contributed by atoms with Gasteiger partial charge < -0.3 is 25.6 Å². The summed E-state index contributed by atoms with van der Waals surface area (Å²) in [7, 11) is 0. The molecule has 1 aliphatic carbocycles. The SMILES string of the molecule is Nc1nc2c(ncn2[C@@H]2C[C@H](CO)[C@H](O)[C@@H]2O)c(=O)[nH]1. The second kappa shape index (κ2) is 4.54. The van der Waals surface area contributed by atoms with Crippen LogP contribution in [0, 0.1) is 5.92 Å². The summed E-state index contributed by atoms with van der Waals surface area (Å²) in [6.07, 6.45) is -0.348. The lowest BCUT2D eigenvalue weighted by atomic mass is 10.1. The molecule has 4 atom stereocenters. The Hall–Kier alpha value is -1.97. The topological polar surface area (TPSA) is 150 Å². The summed E-state index contributed by atoms with van der Waals surface area (Å²) < 4.78 is 1.52. The Morgan fingerprint density at radius 3 is 2.85 bits per heavy atom. The van der Waals surface area contributed by atoms with Crippen molar-refractivity contribution in [3.63, 3.8) is 0 Å². The van der Waals surface area contributed by atoms with Gasteiger partial charge in [-0.3, -0.25) is 9.78 Å². The molecule has 0 aromatic carbocycles. The van der Waals surface area contributed by atoms with Crippen LogP contribution in [0.3, 0.4) is 0 Å². The number of anilines is 1. The molecule has 3 rings (SSSR count). The van der Waals surface area contributed by atoms with Gasteiger partial charge in [-0.1, -0.05) is 0 Å². The Balaban J connectivity index is 2.09. The zero-order valence-corrected chi connectivity index (χ0v) is 10.5. The average Bonchev–Trinajstić information content (AvgIpc) is 2.93. The molecule has 2 aromatic heterocycles. The summed E-state index contributed by atoms with van der Waals surface area (Å²) in [5.74, 6) is -0.470. The fourth-order valence-corrected chi connectivity index (χ4v) is 2.74. The van der Waals surface area contributed by atoms with Gasteiger partial charge in [0, 0.05) is 12.5 Å². The molecule has 1 saturated carbocycles. The third-order valence-electron chi connectivity index (χ3n) is 3.81. The van der Waals surface area contributed by atoms with Gasteiger partial charge >= 0.3 is 0 Å². The molecule has 9 nitrogen and oxygen atoms in total. The third-order valence-corrected chi connectivity index (χ3v) is 3.81. The van der Waals surface area contributed by atoms with E-state index >= 15 is 0 Å². The van der Waals surface area contributed by atoms with E-state index in [9.17, 15) is 20.1 Å². The summed E-state index contributed by atoms with van der Waals surface area (Å²) >= 11 is 0. The van der Waals surface area contributed by atoms with Crippen molar-refractivity contribution >= 4 is 17.1 Å². The number of imidazole rings is 1. The van der Waals surface area contributed by atoms with E-state index in [1.807, 2.05) is 0 Å². The van der Waals surface area contributed by atoms with Crippen molar-refractivity contribution < 1.29 is 15.3 Å². The molecule has 2 heterocycles. The summed E-state index contributed by atoms with van der Waals surface area (Å²) in [4.78, 5) is 22.0.